The number of anilines is 1. The summed E-state index contributed by atoms with van der Waals surface area (Å²) in [5.74, 6) is -0.241. The fourth-order valence-electron chi connectivity index (χ4n) is 4.79. The van der Waals surface area contributed by atoms with Crippen LogP contribution in [-0.4, -0.2) is 58.0 Å². The van der Waals surface area contributed by atoms with Crippen molar-refractivity contribution in [1.29, 1.82) is 0 Å². The van der Waals surface area contributed by atoms with Crippen LogP contribution in [0.5, 0.6) is 0 Å². The molecule has 1 amide bonds. The predicted octanol–water partition coefficient (Wildman–Crippen LogP) is 3.36. The van der Waals surface area contributed by atoms with E-state index in [-0.39, 0.29) is 16.8 Å². The van der Waals surface area contributed by atoms with Gasteiger partial charge in [0, 0.05) is 31.9 Å². The monoisotopic (exact) mass is 471 g/mol. The van der Waals surface area contributed by atoms with E-state index in [1.165, 1.54) is 9.87 Å². The Hall–Kier alpha value is -2.42. The van der Waals surface area contributed by atoms with Crippen molar-refractivity contribution < 1.29 is 17.9 Å². The largest absolute Gasteiger partial charge is 0.378 e. The van der Waals surface area contributed by atoms with Gasteiger partial charge in [-0.3, -0.25) is 4.79 Å². The minimum atomic E-state index is -3.68. The summed E-state index contributed by atoms with van der Waals surface area (Å²) in [6.45, 7) is 6.87. The summed E-state index contributed by atoms with van der Waals surface area (Å²) in [6, 6.07) is 13.1. The molecule has 0 radical (unpaired) electrons. The van der Waals surface area contributed by atoms with E-state index >= 15 is 0 Å². The maximum absolute atomic E-state index is 13.6. The molecule has 1 heterocycles. The summed E-state index contributed by atoms with van der Waals surface area (Å²) in [7, 11) is -3.68. The molecule has 2 aromatic carbocycles. The van der Waals surface area contributed by atoms with Crippen molar-refractivity contribution in [3.63, 3.8) is 0 Å². The number of carbonyl (C=O) groups excluding carboxylic acids is 1. The minimum Gasteiger partial charge on any atom is -0.378 e. The van der Waals surface area contributed by atoms with Crippen LogP contribution in [0.1, 0.15) is 54.2 Å². The number of hydrogen-bond donors (Lipinski definition) is 1. The van der Waals surface area contributed by atoms with Gasteiger partial charge in [0.25, 0.3) is 5.91 Å². The number of hydrogen-bond acceptors (Lipinski definition) is 5. The summed E-state index contributed by atoms with van der Waals surface area (Å²) < 4.78 is 33.2. The number of amides is 1. The van der Waals surface area contributed by atoms with E-state index in [0.717, 1.165) is 30.5 Å². The predicted molar refractivity (Wildman–Crippen MR) is 129 cm³/mol. The Bertz CT molecular complexity index is 1090. The number of carbonyl (C=O) groups is 1. The van der Waals surface area contributed by atoms with E-state index in [0.29, 0.717) is 45.0 Å². The van der Waals surface area contributed by atoms with Crippen LogP contribution in [0.15, 0.2) is 47.4 Å². The molecule has 0 spiro atoms. The number of aryl methyl sites for hydroxylation is 1. The van der Waals surface area contributed by atoms with Crippen molar-refractivity contribution in [2.24, 2.45) is 0 Å². The lowest BCUT2D eigenvalue weighted by molar-refractivity contribution is 0.0931. The van der Waals surface area contributed by atoms with Crippen molar-refractivity contribution in [1.82, 2.24) is 9.62 Å². The quantitative estimate of drug-likeness (QED) is 0.670. The molecule has 1 atom stereocenters. The second-order valence-corrected chi connectivity index (χ2v) is 10.4. The summed E-state index contributed by atoms with van der Waals surface area (Å²) >= 11 is 0. The zero-order valence-electron chi connectivity index (χ0n) is 19.4. The van der Waals surface area contributed by atoms with Gasteiger partial charge < -0.3 is 15.0 Å². The van der Waals surface area contributed by atoms with Gasteiger partial charge in [-0.2, -0.15) is 4.31 Å². The Labute approximate surface area is 196 Å². The smallest absolute Gasteiger partial charge is 0.253 e. The highest BCUT2D eigenvalue weighted by atomic mass is 32.2. The van der Waals surface area contributed by atoms with E-state index < -0.39 is 10.0 Å². The van der Waals surface area contributed by atoms with Gasteiger partial charge in [0.2, 0.25) is 10.0 Å². The Morgan fingerprint density at radius 2 is 1.85 bits per heavy atom. The number of rotatable bonds is 7. The molecule has 0 aromatic heterocycles. The van der Waals surface area contributed by atoms with Crippen LogP contribution in [0.3, 0.4) is 0 Å². The topological polar surface area (TPSA) is 79.0 Å². The van der Waals surface area contributed by atoms with Crippen LogP contribution in [0.25, 0.3) is 0 Å². The lowest BCUT2D eigenvalue weighted by Crippen LogP contribution is -2.39. The Kier molecular flexibility index (Phi) is 7.36. The summed E-state index contributed by atoms with van der Waals surface area (Å²) in [6.07, 6.45) is 2.89. The molecule has 8 heteroatoms. The molecule has 1 N–H and O–H groups in total. The standard InChI is InChI=1S/C25H33N3O4S/c1-3-28(4-2)33(30,31)20-12-13-24(27-14-16-32-17-15-27)22(18-20)25(29)26-23-11-7-9-19-8-5-6-10-21(19)23/h5-6,8,10,12-13,18,23H,3-4,7,9,11,14-17H2,1-2H3,(H,26,29). The molecule has 1 fully saturated rings. The van der Waals surface area contributed by atoms with Gasteiger partial charge in [-0.1, -0.05) is 38.1 Å². The van der Waals surface area contributed by atoms with Crippen molar-refractivity contribution in [2.75, 3.05) is 44.3 Å². The van der Waals surface area contributed by atoms with E-state index in [1.54, 1.807) is 18.2 Å². The number of nitrogens with zero attached hydrogens (tertiary/aromatic N) is 2. The molecule has 0 saturated carbocycles. The molecule has 4 rings (SSSR count). The zero-order valence-corrected chi connectivity index (χ0v) is 20.2. The molecule has 0 bridgehead atoms. The first-order valence-electron chi connectivity index (χ1n) is 11.8. The number of sulfonamides is 1. The highest BCUT2D eigenvalue weighted by molar-refractivity contribution is 7.89. The average molecular weight is 472 g/mol. The van der Waals surface area contributed by atoms with E-state index in [9.17, 15) is 13.2 Å². The Morgan fingerprint density at radius 1 is 1.12 bits per heavy atom. The first-order chi connectivity index (χ1) is 16.0. The second-order valence-electron chi connectivity index (χ2n) is 8.48. The molecule has 1 aliphatic heterocycles. The summed E-state index contributed by atoms with van der Waals surface area (Å²) in [5, 5.41) is 3.20. The number of benzene rings is 2. The molecule has 1 saturated heterocycles. The molecule has 1 aliphatic carbocycles. The number of ether oxygens (including phenoxy) is 1. The molecule has 2 aliphatic rings. The van der Waals surface area contributed by atoms with Gasteiger partial charge in [-0.25, -0.2) is 8.42 Å². The first-order valence-corrected chi connectivity index (χ1v) is 13.2. The first kappa shape index (κ1) is 23.7. The van der Waals surface area contributed by atoms with E-state index in [2.05, 4.69) is 22.3 Å². The van der Waals surface area contributed by atoms with Crippen LogP contribution < -0.4 is 10.2 Å². The third-order valence-corrected chi connectivity index (χ3v) is 8.63. The fraction of sp³-hybridized carbons (Fsp3) is 0.480. The van der Waals surface area contributed by atoms with Crippen LogP contribution >= 0.6 is 0 Å². The molecule has 1 unspecified atom stereocenters. The van der Waals surface area contributed by atoms with Crippen molar-refractivity contribution in [2.45, 2.75) is 44.0 Å². The highest BCUT2D eigenvalue weighted by Gasteiger charge is 2.28. The van der Waals surface area contributed by atoms with Crippen LogP contribution in [0, 0.1) is 0 Å². The second kappa shape index (κ2) is 10.2. The number of morpholine rings is 1. The maximum atomic E-state index is 13.6. The lowest BCUT2D eigenvalue weighted by Gasteiger charge is -2.32. The third kappa shape index (κ3) is 4.93. The van der Waals surface area contributed by atoms with Crippen LogP contribution in [0.2, 0.25) is 0 Å². The van der Waals surface area contributed by atoms with Gasteiger partial charge >= 0.3 is 0 Å². The normalized spacial score (nSPS) is 18.8. The fourth-order valence-corrected chi connectivity index (χ4v) is 6.27. The van der Waals surface area contributed by atoms with Gasteiger partial charge in [0.05, 0.1) is 29.7 Å². The van der Waals surface area contributed by atoms with Gasteiger partial charge in [0.1, 0.15) is 0 Å². The number of fused-ring (bicyclic) bond motifs is 1. The molecule has 7 nitrogen and oxygen atoms in total. The van der Waals surface area contributed by atoms with Gasteiger partial charge in [0.15, 0.2) is 0 Å². The van der Waals surface area contributed by atoms with Gasteiger partial charge in [-0.15, -0.1) is 0 Å². The summed E-state index contributed by atoms with van der Waals surface area (Å²) in [4.78, 5) is 15.8. The van der Waals surface area contributed by atoms with Gasteiger partial charge in [-0.05, 0) is 48.6 Å². The zero-order chi connectivity index (χ0) is 23.4. The van der Waals surface area contributed by atoms with Crippen LogP contribution in [0.4, 0.5) is 5.69 Å². The SMILES string of the molecule is CCN(CC)S(=O)(=O)c1ccc(N2CCOCC2)c(C(=O)NC2CCCc3ccccc32)c1. The molecular weight excluding hydrogens is 438 g/mol. The number of nitrogens with one attached hydrogen (secondary N) is 1. The third-order valence-electron chi connectivity index (χ3n) is 6.58. The highest BCUT2D eigenvalue weighted by Crippen LogP contribution is 2.31. The summed E-state index contributed by atoms with van der Waals surface area (Å²) in [5.41, 5.74) is 3.56. The molecule has 178 valence electrons. The van der Waals surface area contributed by atoms with E-state index in [4.69, 9.17) is 4.74 Å². The van der Waals surface area contributed by atoms with Crippen molar-refractivity contribution >= 4 is 21.6 Å². The maximum Gasteiger partial charge on any atom is 0.253 e. The Balaban J connectivity index is 1.70. The van der Waals surface area contributed by atoms with Crippen molar-refractivity contribution in [3.8, 4) is 0 Å². The van der Waals surface area contributed by atoms with E-state index in [1.807, 2.05) is 26.0 Å². The molecule has 33 heavy (non-hydrogen) atoms. The minimum absolute atomic E-state index is 0.0805. The Morgan fingerprint density at radius 3 is 2.58 bits per heavy atom. The molecular formula is C25H33N3O4S. The molecule has 2 aromatic rings. The lowest BCUT2D eigenvalue weighted by atomic mass is 9.87. The van der Waals surface area contributed by atoms with Crippen LogP contribution in [-0.2, 0) is 21.2 Å². The average Bonchev–Trinajstić information content (AvgIpc) is 2.85. The van der Waals surface area contributed by atoms with Crippen molar-refractivity contribution in [3.05, 3.63) is 59.2 Å².